The maximum atomic E-state index is 13.4. The molecule has 0 amide bonds. The van der Waals surface area contributed by atoms with E-state index in [4.69, 9.17) is 22.1 Å². The van der Waals surface area contributed by atoms with Gasteiger partial charge in [-0.1, -0.05) is 29.8 Å². The molecular formula is C14H11ClFNO2. The van der Waals surface area contributed by atoms with E-state index in [1.54, 1.807) is 24.3 Å². The summed E-state index contributed by atoms with van der Waals surface area (Å²) in [5, 5.41) is 0.489. The van der Waals surface area contributed by atoms with Crippen LogP contribution in [0.3, 0.4) is 0 Å². The molecule has 98 valence electrons. The van der Waals surface area contributed by atoms with Crippen LogP contribution in [-0.4, -0.2) is 5.97 Å². The van der Waals surface area contributed by atoms with E-state index in [2.05, 4.69) is 0 Å². The molecule has 0 atom stereocenters. The van der Waals surface area contributed by atoms with Crippen molar-refractivity contribution >= 4 is 23.3 Å². The van der Waals surface area contributed by atoms with Crippen molar-refractivity contribution in [2.45, 2.75) is 6.61 Å². The largest absolute Gasteiger partial charge is 0.457 e. The summed E-state index contributed by atoms with van der Waals surface area (Å²) < 4.78 is 18.5. The van der Waals surface area contributed by atoms with E-state index in [-0.39, 0.29) is 12.2 Å². The van der Waals surface area contributed by atoms with Crippen LogP contribution in [0.1, 0.15) is 15.9 Å². The van der Waals surface area contributed by atoms with Crippen LogP contribution >= 0.6 is 11.6 Å². The smallest absolute Gasteiger partial charge is 0.341 e. The van der Waals surface area contributed by atoms with Crippen molar-refractivity contribution in [3.05, 3.63) is 64.4 Å². The number of carbonyl (C=O) groups is 1. The van der Waals surface area contributed by atoms with Gasteiger partial charge in [-0.25, -0.2) is 9.18 Å². The maximum Gasteiger partial charge on any atom is 0.341 e. The molecule has 0 aromatic heterocycles. The third-order valence-corrected chi connectivity index (χ3v) is 2.90. The Labute approximate surface area is 114 Å². The van der Waals surface area contributed by atoms with Crippen LogP contribution in [0.15, 0.2) is 42.5 Å². The summed E-state index contributed by atoms with van der Waals surface area (Å²) in [4.78, 5) is 11.7. The Morgan fingerprint density at radius 2 is 2.00 bits per heavy atom. The highest BCUT2D eigenvalue weighted by atomic mass is 35.5. The van der Waals surface area contributed by atoms with Crippen LogP contribution in [0.2, 0.25) is 5.02 Å². The molecule has 2 rings (SSSR count). The lowest BCUT2D eigenvalue weighted by molar-refractivity contribution is 0.0467. The van der Waals surface area contributed by atoms with E-state index in [0.29, 0.717) is 16.3 Å². The fraction of sp³-hybridized carbons (Fsp3) is 0.0714. The topological polar surface area (TPSA) is 52.3 Å². The highest BCUT2D eigenvalue weighted by molar-refractivity contribution is 6.31. The zero-order chi connectivity index (χ0) is 13.8. The Balaban J connectivity index is 2.10. The number of hydrogen-bond donors (Lipinski definition) is 1. The molecule has 0 saturated carbocycles. The molecule has 2 N–H and O–H groups in total. The Morgan fingerprint density at radius 1 is 1.26 bits per heavy atom. The van der Waals surface area contributed by atoms with Gasteiger partial charge in [-0.05, 0) is 24.3 Å². The second kappa shape index (κ2) is 5.71. The van der Waals surface area contributed by atoms with Crippen LogP contribution in [-0.2, 0) is 11.3 Å². The third-order valence-electron chi connectivity index (χ3n) is 2.53. The van der Waals surface area contributed by atoms with E-state index in [1.165, 1.54) is 12.1 Å². The van der Waals surface area contributed by atoms with Gasteiger partial charge in [-0.2, -0.15) is 0 Å². The van der Waals surface area contributed by atoms with Gasteiger partial charge in [-0.15, -0.1) is 0 Å². The summed E-state index contributed by atoms with van der Waals surface area (Å²) in [5.41, 5.74) is 6.26. The second-order valence-corrected chi connectivity index (χ2v) is 4.31. The minimum Gasteiger partial charge on any atom is -0.457 e. The Morgan fingerprint density at radius 3 is 2.74 bits per heavy atom. The molecule has 0 aliphatic rings. The molecule has 0 unspecified atom stereocenters. The molecule has 0 fully saturated rings. The highest BCUT2D eigenvalue weighted by Gasteiger charge is 2.14. The number of ether oxygens (including phenoxy) is 1. The molecule has 0 aliphatic carbocycles. The number of anilines is 1. The maximum absolute atomic E-state index is 13.4. The molecule has 0 saturated heterocycles. The SMILES string of the molecule is Nc1ccc(F)c(C(=O)OCc2ccccc2Cl)c1. The summed E-state index contributed by atoms with van der Waals surface area (Å²) >= 11 is 5.92. The van der Waals surface area contributed by atoms with Crippen molar-refractivity contribution in [1.29, 1.82) is 0 Å². The van der Waals surface area contributed by atoms with Crippen LogP contribution in [0.5, 0.6) is 0 Å². The van der Waals surface area contributed by atoms with E-state index >= 15 is 0 Å². The zero-order valence-corrected chi connectivity index (χ0v) is 10.7. The molecular weight excluding hydrogens is 269 g/mol. The lowest BCUT2D eigenvalue weighted by Gasteiger charge is -2.07. The molecule has 0 spiro atoms. The average Bonchev–Trinajstić information content (AvgIpc) is 2.40. The van der Waals surface area contributed by atoms with E-state index in [1.807, 2.05) is 0 Å². The van der Waals surface area contributed by atoms with Gasteiger partial charge in [0, 0.05) is 16.3 Å². The number of hydrogen-bond acceptors (Lipinski definition) is 3. The van der Waals surface area contributed by atoms with Crippen LogP contribution < -0.4 is 5.73 Å². The van der Waals surface area contributed by atoms with Crippen molar-refractivity contribution in [2.24, 2.45) is 0 Å². The van der Waals surface area contributed by atoms with E-state index in [0.717, 1.165) is 6.07 Å². The lowest BCUT2D eigenvalue weighted by atomic mass is 10.2. The number of rotatable bonds is 3. The van der Waals surface area contributed by atoms with Gasteiger partial charge in [-0.3, -0.25) is 0 Å². The van der Waals surface area contributed by atoms with Crippen molar-refractivity contribution in [3.63, 3.8) is 0 Å². The van der Waals surface area contributed by atoms with Gasteiger partial charge in [0.2, 0.25) is 0 Å². The molecule has 0 bridgehead atoms. The highest BCUT2D eigenvalue weighted by Crippen LogP contribution is 2.18. The first-order chi connectivity index (χ1) is 9.08. The lowest BCUT2D eigenvalue weighted by Crippen LogP contribution is -2.08. The van der Waals surface area contributed by atoms with Crippen LogP contribution in [0.4, 0.5) is 10.1 Å². The van der Waals surface area contributed by atoms with E-state index in [9.17, 15) is 9.18 Å². The number of esters is 1. The number of nitrogen functional groups attached to an aromatic ring is 1. The van der Waals surface area contributed by atoms with Crippen LogP contribution in [0.25, 0.3) is 0 Å². The first-order valence-electron chi connectivity index (χ1n) is 5.53. The normalized spacial score (nSPS) is 10.2. The van der Waals surface area contributed by atoms with Crippen LogP contribution in [0, 0.1) is 5.82 Å². The summed E-state index contributed by atoms with van der Waals surface area (Å²) in [6.07, 6.45) is 0. The predicted molar refractivity (Wildman–Crippen MR) is 71.4 cm³/mol. The standard InChI is InChI=1S/C14H11ClFNO2/c15-12-4-2-1-3-9(12)8-19-14(18)11-7-10(17)5-6-13(11)16/h1-7H,8,17H2. The Kier molecular flexibility index (Phi) is 4.02. The Hall–Kier alpha value is -2.07. The van der Waals surface area contributed by atoms with Gasteiger partial charge in [0.25, 0.3) is 0 Å². The van der Waals surface area contributed by atoms with Crippen molar-refractivity contribution in [1.82, 2.24) is 0 Å². The minimum atomic E-state index is -0.773. The van der Waals surface area contributed by atoms with Gasteiger partial charge in [0.1, 0.15) is 12.4 Å². The molecule has 3 nitrogen and oxygen atoms in total. The molecule has 0 aliphatic heterocycles. The third kappa shape index (κ3) is 3.23. The summed E-state index contributed by atoms with van der Waals surface area (Å²) in [5.74, 6) is -1.44. The summed E-state index contributed by atoms with van der Waals surface area (Å²) in [6, 6.07) is 10.7. The predicted octanol–water partition coefficient (Wildman–Crippen LogP) is 3.42. The summed E-state index contributed by atoms with van der Waals surface area (Å²) in [7, 11) is 0. The monoisotopic (exact) mass is 279 g/mol. The molecule has 2 aromatic rings. The second-order valence-electron chi connectivity index (χ2n) is 3.91. The number of benzene rings is 2. The molecule has 0 radical (unpaired) electrons. The van der Waals surface area contributed by atoms with Gasteiger partial charge >= 0.3 is 5.97 Å². The van der Waals surface area contributed by atoms with Gasteiger partial charge < -0.3 is 10.5 Å². The van der Waals surface area contributed by atoms with Gasteiger partial charge in [0.15, 0.2) is 0 Å². The molecule has 5 heteroatoms. The average molecular weight is 280 g/mol. The number of nitrogens with two attached hydrogens (primary N) is 1. The first-order valence-corrected chi connectivity index (χ1v) is 5.91. The summed E-state index contributed by atoms with van der Waals surface area (Å²) in [6.45, 7) is -0.0211. The van der Waals surface area contributed by atoms with Crippen molar-refractivity contribution in [3.8, 4) is 0 Å². The molecule has 19 heavy (non-hydrogen) atoms. The molecule has 2 aromatic carbocycles. The van der Waals surface area contributed by atoms with E-state index < -0.39 is 11.8 Å². The van der Waals surface area contributed by atoms with Gasteiger partial charge in [0.05, 0.1) is 5.56 Å². The fourth-order valence-corrected chi connectivity index (χ4v) is 1.73. The molecule has 0 heterocycles. The fourth-order valence-electron chi connectivity index (χ4n) is 1.54. The number of carbonyl (C=O) groups excluding carboxylic acids is 1. The van der Waals surface area contributed by atoms with Crippen molar-refractivity contribution in [2.75, 3.05) is 5.73 Å². The van der Waals surface area contributed by atoms with Crippen molar-refractivity contribution < 1.29 is 13.9 Å². The zero-order valence-electron chi connectivity index (χ0n) is 9.90. The number of halogens is 2. The first kappa shape index (κ1) is 13.4. The minimum absolute atomic E-state index is 0.0211. The quantitative estimate of drug-likeness (QED) is 0.692. The Bertz CT molecular complexity index is 616.